The Hall–Kier alpha value is -10.2. The van der Waals surface area contributed by atoms with Crippen LogP contribution in [0.1, 0.15) is 0 Å². The monoisotopic (exact) mass is 958 g/mol. The fourth-order valence-corrected chi connectivity index (χ4v) is 11.0. The second kappa shape index (κ2) is 17.3. The second-order valence-corrected chi connectivity index (χ2v) is 19.1. The highest BCUT2D eigenvalue weighted by atomic mass is 16.3. The number of para-hydroxylation sites is 2. The van der Waals surface area contributed by atoms with E-state index < -0.39 is 0 Å². The van der Waals surface area contributed by atoms with Crippen molar-refractivity contribution in [3.05, 3.63) is 255 Å². The third kappa shape index (κ3) is 7.22. The summed E-state index contributed by atoms with van der Waals surface area (Å²) in [6, 6.07) is 89.4. The Labute approximate surface area is 431 Å². The van der Waals surface area contributed by atoms with Gasteiger partial charge in [-0.3, -0.25) is 0 Å². The van der Waals surface area contributed by atoms with Crippen molar-refractivity contribution in [2.24, 2.45) is 0 Å². The van der Waals surface area contributed by atoms with Crippen LogP contribution in [-0.2, 0) is 0 Å². The van der Waals surface area contributed by atoms with E-state index in [9.17, 15) is 0 Å². The van der Waals surface area contributed by atoms with Crippen molar-refractivity contribution in [3.8, 4) is 84.4 Å². The maximum Gasteiger partial charge on any atom is 0.167 e. The molecule has 0 spiro atoms. The van der Waals surface area contributed by atoms with Crippen molar-refractivity contribution in [1.29, 1.82) is 0 Å². The molecule has 0 saturated heterocycles. The quantitative estimate of drug-likeness (QED) is 0.152. The Morgan fingerprint density at radius 1 is 0.267 bits per heavy atom. The van der Waals surface area contributed by atoms with Gasteiger partial charge in [-0.15, -0.1) is 0 Å². The first-order valence-corrected chi connectivity index (χ1v) is 25.2. The lowest BCUT2D eigenvalue weighted by molar-refractivity contribution is 0.668. The van der Waals surface area contributed by atoms with Crippen molar-refractivity contribution in [3.63, 3.8) is 0 Å². The highest BCUT2D eigenvalue weighted by molar-refractivity contribution is 6.16. The van der Waals surface area contributed by atoms with E-state index in [1.807, 2.05) is 48.5 Å². The minimum absolute atomic E-state index is 0.537. The number of nitrogens with zero attached hydrogens (tertiary/aromatic N) is 4. The minimum Gasteiger partial charge on any atom is -0.456 e. The third-order valence-corrected chi connectivity index (χ3v) is 14.7. The normalized spacial score (nSPS) is 11.7. The van der Waals surface area contributed by atoms with Gasteiger partial charge in [0.25, 0.3) is 0 Å². The zero-order valence-corrected chi connectivity index (χ0v) is 40.4. The van der Waals surface area contributed by atoms with E-state index in [-0.39, 0.29) is 0 Å². The summed E-state index contributed by atoms with van der Waals surface area (Å²) in [6.45, 7) is 0. The molecule has 75 heavy (non-hydrogen) atoms. The number of furan rings is 2. The average Bonchev–Trinajstić information content (AvgIpc) is 4.21. The van der Waals surface area contributed by atoms with Crippen molar-refractivity contribution in [1.82, 2.24) is 19.5 Å². The molecule has 0 aliphatic heterocycles. The van der Waals surface area contributed by atoms with Crippen LogP contribution in [-0.4, -0.2) is 19.5 Å². The molecule has 15 rings (SSSR count). The largest absolute Gasteiger partial charge is 0.456 e. The molecule has 0 unspecified atom stereocenters. The molecule has 6 nitrogen and oxygen atoms in total. The summed E-state index contributed by atoms with van der Waals surface area (Å²) in [5, 5.41) is 6.59. The summed E-state index contributed by atoms with van der Waals surface area (Å²) in [5.41, 5.74) is 18.2. The van der Waals surface area contributed by atoms with Gasteiger partial charge in [-0.1, -0.05) is 188 Å². The van der Waals surface area contributed by atoms with Crippen LogP contribution in [0.4, 0.5) is 0 Å². The van der Waals surface area contributed by atoms with Gasteiger partial charge in [-0.05, 0) is 111 Å². The molecule has 0 atom stereocenters. The van der Waals surface area contributed by atoms with Crippen molar-refractivity contribution in [2.75, 3.05) is 0 Å². The standard InChI is InChI=1S/C69H42N4O2/c1-4-15-43(16-5-1)45-27-29-47(30-28-45)68-70-67(46-19-8-3-9-20-46)71-69(72-68)56-35-34-53(65-55-24-11-13-26-62(55)75-66(56)65)51-22-14-21-48(39-51)50-32-37-63-58(41-50)59-42-52(33-38-64(59)74-63)73-60-25-12-10-23-54(60)57-40-49(31-36-61(57)73)44-17-6-2-7-18-44/h1-42H. The van der Waals surface area contributed by atoms with Gasteiger partial charge < -0.3 is 13.4 Å². The summed E-state index contributed by atoms with van der Waals surface area (Å²) in [6.07, 6.45) is 0. The molecular weight excluding hydrogens is 917 g/mol. The molecule has 0 radical (unpaired) electrons. The number of rotatable bonds is 8. The summed E-state index contributed by atoms with van der Waals surface area (Å²) in [4.78, 5) is 15.4. The van der Waals surface area contributed by atoms with E-state index in [0.29, 0.717) is 17.5 Å². The molecule has 11 aromatic carbocycles. The third-order valence-electron chi connectivity index (χ3n) is 14.7. The molecule has 350 valence electrons. The molecule has 6 heteroatoms. The SMILES string of the molecule is c1ccc(-c2ccc(-c3nc(-c4ccccc4)nc(-c4ccc(-c5cccc(-c6ccc7oc8ccc(-n9c%10ccccc%10c%10cc(-c%11ccccc%11)ccc%109)cc8c7c6)c5)c5c4oc4ccccc45)n3)cc2)cc1. The summed E-state index contributed by atoms with van der Waals surface area (Å²) < 4.78 is 15.8. The van der Waals surface area contributed by atoms with Gasteiger partial charge in [0.1, 0.15) is 22.3 Å². The average molecular weight is 959 g/mol. The van der Waals surface area contributed by atoms with Crippen LogP contribution in [0, 0.1) is 0 Å². The molecule has 0 aliphatic carbocycles. The van der Waals surface area contributed by atoms with Crippen LogP contribution in [0.25, 0.3) is 150 Å². The summed E-state index contributed by atoms with van der Waals surface area (Å²) in [7, 11) is 0. The first kappa shape index (κ1) is 42.5. The van der Waals surface area contributed by atoms with Crippen molar-refractivity contribution < 1.29 is 8.83 Å². The van der Waals surface area contributed by atoms with Crippen molar-refractivity contribution >= 4 is 65.7 Å². The van der Waals surface area contributed by atoms with Gasteiger partial charge in [0, 0.05) is 49.1 Å². The summed E-state index contributed by atoms with van der Waals surface area (Å²) in [5.74, 6) is 1.71. The highest BCUT2D eigenvalue weighted by Gasteiger charge is 2.22. The molecule has 0 saturated carbocycles. The molecule has 15 aromatic rings. The number of fused-ring (bicyclic) bond motifs is 9. The Morgan fingerprint density at radius 2 is 0.747 bits per heavy atom. The Bertz CT molecular complexity index is 4690. The van der Waals surface area contributed by atoms with Crippen LogP contribution in [0.15, 0.2) is 264 Å². The molecule has 4 aromatic heterocycles. The van der Waals surface area contributed by atoms with E-state index in [2.05, 4.69) is 211 Å². The number of hydrogen-bond donors (Lipinski definition) is 0. The Morgan fingerprint density at radius 3 is 1.52 bits per heavy atom. The van der Waals surface area contributed by atoms with Crippen LogP contribution < -0.4 is 0 Å². The molecule has 0 aliphatic rings. The van der Waals surface area contributed by atoms with E-state index >= 15 is 0 Å². The number of benzene rings is 11. The van der Waals surface area contributed by atoms with Gasteiger partial charge in [0.15, 0.2) is 17.5 Å². The molecular formula is C69H42N4O2. The van der Waals surface area contributed by atoms with E-state index in [0.717, 1.165) is 111 Å². The second-order valence-electron chi connectivity index (χ2n) is 19.1. The smallest absolute Gasteiger partial charge is 0.167 e. The first-order valence-electron chi connectivity index (χ1n) is 25.2. The van der Waals surface area contributed by atoms with E-state index in [1.54, 1.807) is 0 Å². The van der Waals surface area contributed by atoms with Crippen LogP contribution in [0.3, 0.4) is 0 Å². The lowest BCUT2D eigenvalue weighted by Crippen LogP contribution is -2.00. The topological polar surface area (TPSA) is 69.9 Å². The van der Waals surface area contributed by atoms with Crippen LogP contribution in [0.5, 0.6) is 0 Å². The summed E-state index contributed by atoms with van der Waals surface area (Å²) >= 11 is 0. The highest BCUT2D eigenvalue weighted by Crippen LogP contribution is 2.44. The minimum atomic E-state index is 0.537. The van der Waals surface area contributed by atoms with Crippen molar-refractivity contribution in [2.45, 2.75) is 0 Å². The predicted octanol–water partition coefficient (Wildman–Crippen LogP) is 18.4. The molecule has 0 bridgehead atoms. The maximum atomic E-state index is 6.85. The number of hydrogen-bond acceptors (Lipinski definition) is 5. The lowest BCUT2D eigenvalue weighted by Gasteiger charge is -2.12. The van der Waals surface area contributed by atoms with Crippen LogP contribution >= 0.6 is 0 Å². The first-order chi connectivity index (χ1) is 37.1. The van der Waals surface area contributed by atoms with Gasteiger partial charge in [0.2, 0.25) is 0 Å². The van der Waals surface area contributed by atoms with Crippen LogP contribution in [0.2, 0.25) is 0 Å². The Kier molecular flexibility index (Phi) is 9.78. The van der Waals surface area contributed by atoms with E-state index in [1.165, 1.54) is 21.9 Å². The van der Waals surface area contributed by atoms with E-state index in [4.69, 9.17) is 23.8 Å². The van der Waals surface area contributed by atoms with Gasteiger partial charge in [-0.25, -0.2) is 15.0 Å². The van der Waals surface area contributed by atoms with Gasteiger partial charge >= 0.3 is 0 Å². The fraction of sp³-hybridized carbons (Fsp3) is 0. The fourth-order valence-electron chi connectivity index (χ4n) is 11.0. The molecule has 0 amide bonds. The number of aromatic nitrogens is 4. The maximum absolute atomic E-state index is 6.85. The molecule has 0 N–H and O–H groups in total. The molecule has 4 heterocycles. The zero-order valence-electron chi connectivity index (χ0n) is 40.4. The Balaban J connectivity index is 0.833. The molecule has 0 fully saturated rings. The zero-order chi connectivity index (χ0) is 49.4. The predicted molar refractivity (Wildman–Crippen MR) is 307 cm³/mol. The lowest BCUT2D eigenvalue weighted by atomic mass is 9.94. The van der Waals surface area contributed by atoms with Gasteiger partial charge in [0.05, 0.1) is 16.6 Å². The van der Waals surface area contributed by atoms with Gasteiger partial charge in [-0.2, -0.15) is 0 Å².